The van der Waals surface area contributed by atoms with Crippen molar-refractivity contribution in [3.8, 4) is 11.8 Å². The molecular formula is C22H28N4O2. The molecule has 0 aromatic heterocycles. The number of amides is 1. The summed E-state index contributed by atoms with van der Waals surface area (Å²) in [7, 11) is 0. The molecule has 28 heavy (non-hydrogen) atoms. The van der Waals surface area contributed by atoms with Crippen molar-refractivity contribution in [2.24, 2.45) is 39.6 Å². The Morgan fingerprint density at radius 1 is 1.25 bits per heavy atom. The van der Waals surface area contributed by atoms with Gasteiger partial charge in [-0.2, -0.15) is 5.26 Å². The van der Waals surface area contributed by atoms with Crippen molar-refractivity contribution in [3.05, 3.63) is 29.8 Å². The molecule has 4 aliphatic rings. The van der Waals surface area contributed by atoms with Gasteiger partial charge in [0.1, 0.15) is 11.6 Å². The van der Waals surface area contributed by atoms with Gasteiger partial charge in [-0.05, 0) is 74.5 Å². The molecule has 5 N–H and O–H groups in total. The average molecular weight is 380 g/mol. The fourth-order valence-corrected chi connectivity index (χ4v) is 6.14. The summed E-state index contributed by atoms with van der Waals surface area (Å²) in [5, 5.41) is 19.0. The zero-order valence-electron chi connectivity index (χ0n) is 16.3. The Kier molecular flexibility index (Phi) is 4.37. The molecule has 0 spiro atoms. The van der Waals surface area contributed by atoms with Crippen LogP contribution in [-0.4, -0.2) is 22.9 Å². The maximum absolute atomic E-state index is 12.1. The highest BCUT2D eigenvalue weighted by Gasteiger charge is 2.58. The lowest BCUT2D eigenvalue weighted by molar-refractivity contribution is -0.144. The lowest BCUT2D eigenvalue weighted by atomic mass is 9.47. The number of carbonyl (C=O) groups is 1. The number of hydrogen-bond donors (Lipinski definition) is 3. The van der Waals surface area contributed by atoms with E-state index in [1.54, 1.807) is 24.3 Å². The van der Waals surface area contributed by atoms with E-state index in [1.165, 1.54) is 0 Å². The van der Waals surface area contributed by atoms with E-state index in [9.17, 15) is 15.2 Å². The van der Waals surface area contributed by atoms with Crippen molar-refractivity contribution in [2.45, 2.75) is 56.9 Å². The Morgan fingerprint density at radius 3 is 2.39 bits per heavy atom. The third kappa shape index (κ3) is 2.85. The van der Waals surface area contributed by atoms with Crippen LogP contribution in [0.3, 0.4) is 0 Å². The Labute approximate surface area is 165 Å². The maximum Gasteiger partial charge on any atom is 0.223 e. The summed E-state index contributed by atoms with van der Waals surface area (Å²) < 4.78 is 0. The van der Waals surface area contributed by atoms with Crippen LogP contribution in [-0.2, 0) is 10.2 Å². The molecule has 6 nitrogen and oxygen atoms in total. The van der Waals surface area contributed by atoms with Gasteiger partial charge in [-0.15, -0.1) is 0 Å². The second kappa shape index (κ2) is 6.51. The van der Waals surface area contributed by atoms with Crippen molar-refractivity contribution >= 4 is 11.7 Å². The normalized spacial score (nSPS) is 35.9. The van der Waals surface area contributed by atoms with Gasteiger partial charge in [0, 0.05) is 5.41 Å². The van der Waals surface area contributed by atoms with Crippen molar-refractivity contribution in [3.63, 3.8) is 0 Å². The van der Waals surface area contributed by atoms with Crippen molar-refractivity contribution in [1.82, 2.24) is 0 Å². The van der Waals surface area contributed by atoms with E-state index in [1.807, 2.05) is 6.92 Å². The highest BCUT2D eigenvalue weighted by molar-refractivity contribution is 5.92. The summed E-state index contributed by atoms with van der Waals surface area (Å²) in [6.07, 6.45) is 4.93. The van der Waals surface area contributed by atoms with E-state index in [0.29, 0.717) is 23.6 Å². The number of aromatic hydroxyl groups is 1. The quantitative estimate of drug-likeness (QED) is 0.536. The fourth-order valence-electron chi connectivity index (χ4n) is 6.14. The predicted molar refractivity (Wildman–Crippen MR) is 106 cm³/mol. The molecule has 0 radical (unpaired) electrons. The van der Waals surface area contributed by atoms with Crippen LogP contribution in [0.2, 0.25) is 0 Å². The zero-order chi connectivity index (χ0) is 20.1. The summed E-state index contributed by atoms with van der Waals surface area (Å²) >= 11 is 0. The second-order valence-electron chi connectivity index (χ2n) is 9.33. The van der Waals surface area contributed by atoms with Crippen LogP contribution in [0.15, 0.2) is 29.3 Å². The summed E-state index contributed by atoms with van der Waals surface area (Å²) in [4.78, 5) is 17.1. The largest absolute Gasteiger partial charge is 0.508 e. The van der Waals surface area contributed by atoms with E-state index in [4.69, 9.17) is 16.5 Å². The Balaban J connectivity index is 1.65. The fraction of sp³-hybridized carbons (Fsp3) is 0.591. The van der Waals surface area contributed by atoms with Crippen molar-refractivity contribution < 1.29 is 9.90 Å². The first-order valence-electron chi connectivity index (χ1n) is 10.1. The molecule has 3 atom stereocenters. The number of phenolic OH excluding ortho intramolecular Hbond substituents is 1. The summed E-state index contributed by atoms with van der Waals surface area (Å²) in [6.45, 7) is 1.93. The Morgan fingerprint density at radius 2 is 1.86 bits per heavy atom. The van der Waals surface area contributed by atoms with Gasteiger partial charge in [-0.3, -0.25) is 9.79 Å². The van der Waals surface area contributed by atoms with E-state index >= 15 is 0 Å². The van der Waals surface area contributed by atoms with Gasteiger partial charge in [-0.25, -0.2) is 0 Å². The Bertz CT molecular complexity index is 840. The smallest absolute Gasteiger partial charge is 0.223 e. The first-order valence-corrected chi connectivity index (χ1v) is 10.1. The number of aliphatic imine (C=N–C) groups is 1. The van der Waals surface area contributed by atoms with Crippen LogP contribution in [0.25, 0.3) is 0 Å². The number of nitrogens with zero attached hydrogens (tertiary/aromatic N) is 2. The van der Waals surface area contributed by atoms with Gasteiger partial charge >= 0.3 is 0 Å². The molecule has 0 saturated heterocycles. The van der Waals surface area contributed by atoms with Crippen LogP contribution >= 0.6 is 0 Å². The summed E-state index contributed by atoms with van der Waals surface area (Å²) in [6, 6.07) is 9.15. The highest BCUT2D eigenvalue weighted by atomic mass is 16.3. The van der Waals surface area contributed by atoms with E-state index in [2.05, 4.69) is 6.07 Å². The molecule has 1 aromatic rings. The van der Waals surface area contributed by atoms with Crippen LogP contribution in [0, 0.1) is 34.5 Å². The number of benzene rings is 1. The van der Waals surface area contributed by atoms with Gasteiger partial charge in [-0.1, -0.05) is 12.1 Å². The second-order valence-corrected chi connectivity index (χ2v) is 9.33. The molecule has 4 saturated carbocycles. The number of rotatable bonds is 5. The van der Waals surface area contributed by atoms with Crippen molar-refractivity contribution in [2.75, 3.05) is 0 Å². The number of primary amides is 1. The molecule has 4 aliphatic carbocycles. The number of hydrogen-bond acceptors (Lipinski definition) is 4. The standard InChI is InChI=1S/C22H28N4O2/c1-21(6-7-23,16-2-4-17(27)5-3-16)19(24)26-18-14-8-13-9-15(18)12-22(10-13,11-14)20(25)28/h2-5,13-15,18,27H,6,8-12H2,1H3,(H2,24,26)(H2,25,28). The molecule has 0 heterocycles. The zero-order valence-corrected chi connectivity index (χ0v) is 16.3. The lowest BCUT2D eigenvalue weighted by Gasteiger charge is -2.57. The molecule has 3 unspecified atom stereocenters. The highest BCUT2D eigenvalue weighted by Crippen LogP contribution is 2.60. The molecule has 1 aromatic carbocycles. The molecule has 0 aliphatic heterocycles. The summed E-state index contributed by atoms with van der Waals surface area (Å²) in [5.41, 5.74) is 12.1. The van der Waals surface area contributed by atoms with E-state index < -0.39 is 5.41 Å². The third-order valence-electron chi connectivity index (χ3n) is 7.54. The average Bonchev–Trinajstić information content (AvgIpc) is 2.64. The molecular weight excluding hydrogens is 352 g/mol. The third-order valence-corrected chi connectivity index (χ3v) is 7.54. The number of phenols is 1. The van der Waals surface area contributed by atoms with Gasteiger partial charge in [0.15, 0.2) is 0 Å². The van der Waals surface area contributed by atoms with Crippen LogP contribution < -0.4 is 11.5 Å². The van der Waals surface area contributed by atoms with Crippen LogP contribution in [0.5, 0.6) is 5.75 Å². The number of nitrogens with two attached hydrogens (primary N) is 2. The minimum Gasteiger partial charge on any atom is -0.508 e. The Hall–Kier alpha value is -2.55. The van der Waals surface area contributed by atoms with E-state index in [0.717, 1.165) is 37.7 Å². The first kappa shape index (κ1) is 18.8. The molecule has 4 bridgehead atoms. The van der Waals surface area contributed by atoms with Gasteiger partial charge in [0.2, 0.25) is 5.91 Å². The molecule has 1 amide bonds. The minimum absolute atomic E-state index is 0.0964. The lowest BCUT2D eigenvalue weighted by Crippen LogP contribution is -2.57. The molecule has 148 valence electrons. The van der Waals surface area contributed by atoms with Crippen LogP contribution in [0.1, 0.15) is 51.0 Å². The maximum atomic E-state index is 12.1. The summed E-state index contributed by atoms with van der Waals surface area (Å²) in [5.74, 6) is 1.73. The number of amidine groups is 1. The van der Waals surface area contributed by atoms with Crippen LogP contribution in [0.4, 0.5) is 0 Å². The SMILES string of the molecule is CC(CC#N)(C(N)=NC1C2CC3CC1CC(C(N)=O)(C3)C2)c1ccc(O)cc1. The van der Waals surface area contributed by atoms with E-state index in [-0.39, 0.29) is 29.5 Å². The first-order chi connectivity index (χ1) is 13.3. The molecule has 5 rings (SSSR count). The van der Waals surface area contributed by atoms with Gasteiger partial charge in [0.25, 0.3) is 0 Å². The van der Waals surface area contributed by atoms with Crippen molar-refractivity contribution in [1.29, 1.82) is 5.26 Å². The monoisotopic (exact) mass is 380 g/mol. The van der Waals surface area contributed by atoms with Gasteiger partial charge in [0.05, 0.1) is 23.9 Å². The number of carbonyl (C=O) groups excluding carboxylic acids is 1. The topological polar surface area (TPSA) is 125 Å². The van der Waals surface area contributed by atoms with Gasteiger partial charge < -0.3 is 16.6 Å². The molecule has 6 heteroatoms. The predicted octanol–water partition coefficient (Wildman–Crippen LogP) is 2.60. The minimum atomic E-state index is -0.710. The molecule has 4 fully saturated rings. The number of nitriles is 1.